The standard InChI is InChI=1S/C19H20N2O3S/c22-8-3-6-21-7-9-24-18-14(12-21)10-13(11-16(18)23)19-20-15-4-1-2-5-17(15)25-19/h1-2,4-5,10-11,22-23H,3,6-9,12H2. The van der Waals surface area contributed by atoms with Gasteiger partial charge in [-0.15, -0.1) is 11.3 Å². The molecule has 6 heteroatoms. The number of benzene rings is 2. The number of aliphatic hydroxyl groups is 1. The second kappa shape index (κ2) is 7.00. The first-order valence-corrected chi connectivity index (χ1v) is 9.24. The number of thiazole rings is 1. The van der Waals surface area contributed by atoms with Crippen LogP contribution in [0.5, 0.6) is 11.5 Å². The minimum atomic E-state index is 0.163. The number of hydrogen-bond acceptors (Lipinski definition) is 6. The Morgan fingerprint density at radius 1 is 1.24 bits per heavy atom. The summed E-state index contributed by atoms with van der Waals surface area (Å²) in [7, 11) is 0. The molecule has 0 spiro atoms. The van der Waals surface area contributed by atoms with Crippen molar-refractivity contribution < 1.29 is 14.9 Å². The number of phenolic OH excluding ortho intramolecular Hbond substituents is 1. The maximum atomic E-state index is 10.5. The summed E-state index contributed by atoms with van der Waals surface area (Å²) < 4.78 is 6.90. The Hall–Kier alpha value is -2.15. The third-order valence-electron chi connectivity index (χ3n) is 4.37. The van der Waals surface area contributed by atoms with Gasteiger partial charge in [-0.25, -0.2) is 4.98 Å². The van der Waals surface area contributed by atoms with Crippen molar-refractivity contribution in [1.29, 1.82) is 0 Å². The van der Waals surface area contributed by atoms with Crippen LogP contribution in [0.3, 0.4) is 0 Å². The molecule has 0 fully saturated rings. The molecular formula is C19H20N2O3S. The highest BCUT2D eigenvalue weighted by Gasteiger charge is 2.20. The number of fused-ring (bicyclic) bond motifs is 2. The highest BCUT2D eigenvalue weighted by Crippen LogP contribution is 2.39. The van der Waals surface area contributed by atoms with E-state index in [1.54, 1.807) is 17.4 Å². The zero-order valence-electron chi connectivity index (χ0n) is 13.8. The van der Waals surface area contributed by atoms with Crippen LogP contribution in [0.15, 0.2) is 36.4 Å². The lowest BCUT2D eigenvalue weighted by atomic mass is 10.1. The number of hydrogen-bond donors (Lipinski definition) is 2. The van der Waals surface area contributed by atoms with Crippen molar-refractivity contribution in [1.82, 2.24) is 9.88 Å². The van der Waals surface area contributed by atoms with Crippen LogP contribution in [0.4, 0.5) is 0 Å². The van der Waals surface area contributed by atoms with E-state index >= 15 is 0 Å². The number of phenols is 1. The highest BCUT2D eigenvalue weighted by molar-refractivity contribution is 7.21. The van der Waals surface area contributed by atoms with E-state index in [1.165, 1.54) is 0 Å². The fourth-order valence-electron chi connectivity index (χ4n) is 3.16. The predicted molar refractivity (Wildman–Crippen MR) is 99.2 cm³/mol. The van der Waals surface area contributed by atoms with E-state index in [0.29, 0.717) is 18.9 Å². The molecule has 130 valence electrons. The number of rotatable bonds is 4. The molecule has 0 atom stereocenters. The minimum Gasteiger partial charge on any atom is -0.504 e. The van der Waals surface area contributed by atoms with Gasteiger partial charge in [-0.05, 0) is 30.7 Å². The molecule has 0 unspecified atom stereocenters. The second-order valence-corrected chi connectivity index (χ2v) is 7.20. The average molecular weight is 356 g/mol. The van der Waals surface area contributed by atoms with Crippen molar-refractivity contribution in [2.75, 3.05) is 26.3 Å². The molecule has 2 N–H and O–H groups in total. The number of ether oxygens (including phenoxy) is 1. The first-order valence-electron chi connectivity index (χ1n) is 8.42. The first-order chi connectivity index (χ1) is 12.2. The van der Waals surface area contributed by atoms with Crippen molar-refractivity contribution in [3.05, 3.63) is 42.0 Å². The third-order valence-corrected chi connectivity index (χ3v) is 5.45. The smallest absolute Gasteiger partial charge is 0.165 e. The lowest BCUT2D eigenvalue weighted by Crippen LogP contribution is -2.27. The van der Waals surface area contributed by atoms with Crippen molar-refractivity contribution >= 4 is 21.6 Å². The molecular weight excluding hydrogens is 336 g/mol. The summed E-state index contributed by atoms with van der Waals surface area (Å²) in [5.74, 6) is 0.729. The zero-order valence-corrected chi connectivity index (χ0v) is 14.6. The molecule has 1 aliphatic rings. The minimum absolute atomic E-state index is 0.163. The average Bonchev–Trinajstić information content (AvgIpc) is 2.94. The van der Waals surface area contributed by atoms with Crippen molar-refractivity contribution in [3.8, 4) is 22.1 Å². The zero-order chi connectivity index (χ0) is 17.2. The molecule has 0 radical (unpaired) electrons. The van der Waals surface area contributed by atoms with Crippen LogP contribution in [0, 0.1) is 0 Å². The van der Waals surface area contributed by atoms with Gasteiger partial charge in [0.1, 0.15) is 11.6 Å². The summed E-state index contributed by atoms with van der Waals surface area (Å²) in [6.45, 7) is 3.01. The number of para-hydroxylation sites is 1. The molecule has 4 rings (SSSR count). The Bertz CT molecular complexity index is 861. The molecule has 0 bridgehead atoms. The fourth-order valence-corrected chi connectivity index (χ4v) is 4.11. The van der Waals surface area contributed by atoms with Gasteiger partial charge in [0.05, 0.1) is 10.2 Å². The highest BCUT2D eigenvalue weighted by atomic mass is 32.1. The second-order valence-electron chi connectivity index (χ2n) is 6.17. The molecule has 1 aliphatic heterocycles. The molecule has 0 aliphatic carbocycles. The molecule has 3 aromatic rings. The molecule has 0 saturated heterocycles. The SMILES string of the molecule is OCCCN1CCOc2c(O)cc(-c3nc4ccccc4s3)cc2C1. The van der Waals surface area contributed by atoms with E-state index < -0.39 is 0 Å². The fraction of sp³-hybridized carbons (Fsp3) is 0.316. The monoisotopic (exact) mass is 356 g/mol. The summed E-state index contributed by atoms with van der Waals surface area (Å²) in [5, 5.41) is 20.4. The largest absolute Gasteiger partial charge is 0.504 e. The Labute approximate surface area is 150 Å². The Kier molecular flexibility index (Phi) is 4.57. The van der Waals surface area contributed by atoms with E-state index in [0.717, 1.165) is 45.9 Å². The van der Waals surface area contributed by atoms with E-state index in [2.05, 4.69) is 22.0 Å². The Balaban J connectivity index is 1.71. The van der Waals surface area contributed by atoms with Gasteiger partial charge in [-0.2, -0.15) is 0 Å². The van der Waals surface area contributed by atoms with Crippen molar-refractivity contribution in [3.63, 3.8) is 0 Å². The van der Waals surface area contributed by atoms with E-state index in [-0.39, 0.29) is 12.4 Å². The van der Waals surface area contributed by atoms with Gasteiger partial charge in [-0.3, -0.25) is 4.90 Å². The van der Waals surface area contributed by atoms with Gasteiger partial charge in [-0.1, -0.05) is 12.1 Å². The maximum Gasteiger partial charge on any atom is 0.165 e. The van der Waals surface area contributed by atoms with Crippen LogP contribution < -0.4 is 4.74 Å². The Morgan fingerprint density at radius 2 is 2.12 bits per heavy atom. The van der Waals surface area contributed by atoms with Gasteiger partial charge in [0.25, 0.3) is 0 Å². The number of aromatic hydroxyl groups is 1. The van der Waals surface area contributed by atoms with Crippen molar-refractivity contribution in [2.24, 2.45) is 0 Å². The van der Waals surface area contributed by atoms with Gasteiger partial charge in [0.15, 0.2) is 11.5 Å². The van der Waals surface area contributed by atoms with Crippen LogP contribution in [-0.4, -0.2) is 46.4 Å². The van der Waals surface area contributed by atoms with Gasteiger partial charge in [0.2, 0.25) is 0 Å². The molecule has 25 heavy (non-hydrogen) atoms. The normalized spacial score (nSPS) is 14.9. The Morgan fingerprint density at radius 3 is 2.96 bits per heavy atom. The van der Waals surface area contributed by atoms with Crippen LogP contribution in [0.1, 0.15) is 12.0 Å². The summed E-state index contributed by atoms with van der Waals surface area (Å²) >= 11 is 1.62. The van der Waals surface area contributed by atoms with Crippen molar-refractivity contribution in [2.45, 2.75) is 13.0 Å². The topological polar surface area (TPSA) is 65.8 Å². The van der Waals surface area contributed by atoms with E-state index in [4.69, 9.17) is 9.84 Å². The van der Waals surface area contributed by atoms with Crippen LogP contribution in [-0.2, 0) is 6.54 Å². The number of nitrogens with zero attached hydrogens (tertiary/aromatic N) is 2. The molecule has 2 heterocycles. The lowest BCUT2D eigenvalue weighted by Gasteiger charge is -2.18. The molecule has 2 aromatic carbocycles. The molecule has 1 aromatic heterocycles. The van der Waals surface area contributed by atoms with E-state index in [9.17, 15) is 5.11 Å². The lowest BCUT2D eigenvalue weighted by molar-refractivity contribution is 0.199. The van der Waals surface area contributed by atoms with Gasteiger partial charge in [0, 0.05) is 37.4 Å². The van der Waals surface area contributed by atoms with Crippen LogP contribution >= 0.6 is 11.3 Å². The summed E-state index contributed by atoms with van der Waals surface area (Å²) in [5.41, 5.74) is 2.84. The summed E-state index contributed by atoms with van der Waals surface area (Å²) in [4.78, 5) is 6.92. The number of aromatic nitrogens is 1. The third kappa shape index (κ3) is 3.33. The van der Waals surface area contributed by atoms with Crippen LogP contribution in [0.25, 0.3) is 20.8 Å². The van der Waals surface area contributed by atoms with Gasteiger partial charge < -0.3 is 14.9 Å². The summed E-state index contributed by atoms with van der Waals surface area (Å²) in [6.07, 6.45) is 0.735. The van der Waals surface area contributed by atoms with Crippen LogP contribution in [0.2, 0.25) is 0 Å². The first kappa shape index (κ1) is 16.3. The quantitative estimate of drug-likeness (QED) is 0.751. The predicted octanol–water partition coefficient (Wildman–Crippen LogP) is 3.25. The van der Waals surface area contributed by atoms with E-state index in [1.807, 2.05) is 18.2 Å². The maximum absolute atomic E-state index is 10.5. The molecule has 0 amide bonds. The molecule has 0 saturated carbocycles. The van der Waals surface area contributed by atoms with Gasteiger partial charge >= 0.3 is 0 Å². The molecule has 5 nitrogen and oxygen atoms in total. The number of aliphatic hydroxyl groups excluding tert-OH is 1. The summed E-state index contributed by atoms with van der Waals surface area (Å²) in [6, 6.07) is 11.8.